The fourth-order valence-corrected chi connectivity index (χ4v) is 5.55. The quantitative estimate of drug-likeness (QED) is 0.199. The van der Waals surface area contributed by atoms with Crippen LogP contribution < -0.4 is 9.62 Å². The fourth-order valence-electron chi connectivity index (χ4n) is 3.85. The van der Waals surface area contributed by atoms with Crippen LogP contribution in [-0.4, -0.2) is 19.2 Å². The van der Waals surface area contributed by atoms with Crippen molar-refractivity contribution in [2.45, 2.75) is 25.3 Å². The van der Waals surface area contributed by atoms with Crippen LogP contribution in [0.4, 0.5) is 17.1 Å². The van der Waals surface area contributed by atoms with Crippen molar-refractivity contribution in [1.82, 2.24) is 0 Å². The molecule has 0 atom stereocenters. The summed E-state index contributed by atoms with van der Waals surface area (Å²) >= 11 is 6.22. The van der Waals surface area contributed by atoms with E-state index in [-0.39, 0.29) is 17.1 Å². The number of nitro groups is 1. The molecule has 4 aromatic carbocycles. The lowest BCUT2D eigenvalue weighted by Crippen LogP contribution is -2.31. The zero-order valence-corrected chi connectivity index (χ0v) is 22.2. The molecule has 0 fully saturated rings. The number of nitrogens with one attached hydrogen (secondary N) is 1. The SMILES string of the molecule is Cc1ccc([N+](=O)[O-])cc1NC(=O)c1ccc(CN(c2cc(Cl)ccc2C)S(=O)(=O)c2ccccc2)cc1. The van der Waals surface area contributed by atoms with E-state index < -0.39 is 20.9 Å². The summed E-state index contributed by atoms with van der Waals surface area (Å²) in [5, 5.41) is 14.2. The molecule has 0 aliphatic heterocycles. The van der Waals surface area contributed by atoms with Crippen LogP contribution in [0.1, 0.15) is 27.0 Å². The first kappa shape index (κ1) is 26.8. The fraction of sp³-hybridized carbons (Fsp3) is 0.107. The summed E-state index contributed by atoms with van der Waals surface area (Å²) in [5.74, 6) is -0.445. The molecule has 194 valence electrons. The molecular formula is C28H24ClN3O5S. The molecule has 0 aliphatic carbocycles. The van der Waals surface area contributed by atoms with Gasteiger partial charge >= 0.3 is 0 Å². The molecule has 4 rings (SSSR count). The zero-order valence-electron chi connectivity index (χ0n) is 20.6. The molecule has 0 heterocycles. The third-order valence-electron chi connectivity index (χ3n) is 5.99. The van der Waals surface area contributed by atoms with Gasteiger partial charge in [-0.05, 0) is 66.9 Å². The van der Waals surface area contributed by atoms with E-state index >= 15 is 0 Å². The van der Waals surface area contributed by atoms with Crippen LogP contribution >= 0.6 is 11.6 Å². The average molecular weight is 550 g/mol. The van der Waals surface area contributed by atoms with E-state index in [0.717, 1.165) is 5.56 Å². The second-order valence-corrected chi connectivity index (χ2v) is 11.0. The molecular weight excluding hydrogens is 526 g/mol. The van der Waals surface area contributed by atoms with Crippen LogP contribution in [0.2, 0.25) is 5.02 Å². The topological polar surface area (TPSA) is 110 Å². The van der Waals surface area contributed by atoms with Crippen LogP contribution in [-0.2, 0) is 16.6 Å². The average Bonchev–Trinajstić information content (AvgIpc) is 2.90. The van der Waals surface area contributed by atoms with Gasteiger partial charge in [0.05, 0.1) is 27.7 Å². The van der Waals surface area contributed by atoms with Crippen molar-refractivity contribution in [2.24, 2.45) is 0 Å². The monoisotopic (exact) mass is 549 g/mol. The van der Waals surface area contributed by atoms with E-state index in [1.54, 1.807) is 73.7 Å². The number of anilines is 2. The highest BCUT2D eigenvalue weighted by molar-refractivity contribution is 7.92. The minimum Gasteiger partial charge on any atom is -0.321 e. The number of nitro benzene ring substituents is 1. The van der Waals surface area contributed by atoms with Crippen molar-refractivity contribution < 1.29 is 18.1 Å². The van der Waals surface area contributed by atoms with Crippen molar-refractivity contribution >= 4 is 44.6 Å². The van der Waals surface area contributed by atoms with Gasteiger partial charge in [-0.25, -0.2) is 8.42 Å². The summed E-state index contributed by atoms with van der Waals surface area (Å²) in [5.41, 5.74) is 3.03. The Morgan fingerprint density at radius 3 is 2.24 bits per heavy atom. The van der Waals surface area contributed by atoms with Crippen LogP contribution in [0.25, 0.3) is 0 Å². The second kappa shape index (κ2) is 11.0. The van der Waals surface area contributed by atoms with Gasteiger partial charge in [0.25, 0.3) is 21.6 Å². The first-order valence-corrected chi connectivity index (χ1v) is 13.4. The number of aryl methyl sites for hydroxylation is 2. The van der Waals surface area contributed by atoms with Crippen molar-refractivity contribution in [2.75, 3.05) is 9.62 Å². The number of hydrogen-bond donors (Lipinski definition) is 1. The number of hydrogen-bond acceptors (Lipinski definition) is 5. The lowest BCUT2D eigenvalue weighted by molar-refractivity contribution is -0.384. The molecule has 8 nitrogen and oxygen atoms in total. The summed E-state index contributed by atoms with van der Waals surface area (Å²) in [7, 11) is -3.93. The predicted molar refractivity (Wildman–Crippen MR) is 148 cm³/mol. The van der Waals surface area contributed by atoms with Crippen LogP contribution in [0.15, 0.2) is 95.9 Å². The Bertz CT molecular complexity index is 1610. The molecule has 0 saturated carbocycles. The van der Waals surface area contributed by atoms with Crippen LogP contribution in [0.3, 0.4) is 0 Å². The normalized spacial score (nSPS) is 11.1. The third-order valence-corrected chi connectivity index (χ3v) is 8.00. The Kier molecular flexibility index (Phi) is 7.80. The van der Waals surface area contributed by atoms with Gasteiger partial charge in [0.15, 0.2) is 0 Å². The number of benzene rings is 4. The highest BCUT2D eigenvalue weighted by atomic mass is 35.5. The smallest absolute Gasteiger partial charge is 0.271 e. The summed E-state index contributed by atoms with van der Waals surface area (Å²) in [6.07, 6.45) is 0. The molecule has 0 saturated heterocycles. The summed E-state index contributed by atoms with van der Waals surface area (Å²) < 4.78 is 28.6. The number of carbonyl (C=O) groups is 1. The first-order chi connectivity index (χ1) is 18.1. The van der Waals surface area contributed by atoms with Gasteiger partial charge in [0.1, 0.15) is 0 Å². The van der Waals surface area contributed by atoms with E-state index in [1.165, 1.54) is 28.6 Å². The van der Waals surface area contributed by atoms with Crippen molar-refractivity contribution in [3.8, 4) is 0 Å². The summed E-state index contributed by atoms with van der Waals surface area (Å²) in [6, 6.07) is 23.9. The largest absolute Gasteiger partial charge is 0.321 e. The van der Waals surface area contributed by atoms with E-state index in [9.17, 15) is 23.3 Å². The lowest BCUT2D eigenvalue weighted by Gasteiger charge is -2.26. The van der Waals surface area contributed by atoms with E-state index in [2.05, 4.69) is 5.32 Å². The molecule has 4 aromatic rings. The molecule has 1 N–H and O–H groups in total. The van der Waals surface area contributed by atoms with Gasteiger partial charge in [-0.1, -0.05) is 54.1 Å². The van der Waals surface area contributed by atoms with Crippen molar-refractivity contribution in [3.05, 3.63) is 128 Å². The van der Waals surface area contributed by atoms with Gasteiger partial charge < -0.3 is 5.32 Å². The highest BCUT2D eigenvalue weighted by Gasteiger charge is 2.26. The molecule has 0 bridgehead atoms. The lowest BCUT2D eigenvalue weighted by atomic mass is 10.1. The molecule has 0 aliphatic rings. The Balaban J connectivity index is 1.62. The van der Waals surface area contributed by atoms with Gasteiger partial charge in [-0.15, -0.1) is 0 Å². The van der Waals surface area contributed by atoms with Gasteiger partial charge in [-0.3, -0.25) is 19.2 Å². The van der Waals surface area contributed by atoms with E-state index in [1.807, 2.05) is 6.92 Å². The molecule has 0 spiro atoms. The standard InChI is InChI=1S/C28H24ClN3O5S/c1-19-9-15-24(32(34)35)17-26(19)30-28(33)22-12-10-21(11-13-22)18-31(27-16-23(29)14-8-20(27)2)38(36,37)25-6-4-3-5-7-25/h3-17H,18H2,1-2H3,(H,30,33). The van der Waals surface area contributed by atoms with Crippen LogP contribution in [0, 0.1) is 24.0 Å². The van der Waals surface area contributed by atoms with Gasteiger partial charge in [0.2, 0.25) is 0 Å². The second-order valence-electron chi connectivity index (χ2n) is 8.66. The number of sulfonamides is 1. The number of nitrogens with zero attached hydrogens (tertiary/aromatic N) is 2. The Hall–Kier alpha value is -4.21. The zero-order chi connectivity index (χ0) is 27.4. The molecule has 0 radical (unpaired) electrons. The molecule has 1 amide bonds. The van der Waals surface area contributed by atoms with E-state index in [0.29, 0.717) is 33.1 Å². The minimum absolute atomic E-state index is 0.00426. The molecule has 0 unspecified atom stereocenters. The number of amides is 1. The highest BCUT2D eigenvalue weighted by Crippen LogP contribution is 2.31. The summed E-state index contributed by atoms with van der Waals surface area (Å²) in [6.45, 7) is 3.55. The molecule has 10 heteroatoms. The Morgan fingerprint density at radius 1 is 0.921 bits per heavy atom. The number of non-ortho nitro benzene ring substituents is 1. The number of rotatable bonds is 8. The van der Waals surface area contributed by atoms with Gasteiger partial charge in [0, 0.05) is 22.7 Å². The van der Waals surface area contributed by atoms with Crippen LogP contribution in [0.5, 0.6) is 0 Å². The first-order valence-electron chi connectivity index (χ1n) is 11.6. The molecule has 0 aromatic heterocycles. The number of halogens is 1. The van der Waals surface area contributed by atoms with Gasteiger partial charge in [-0.2, -0.15) is 0 Å². The summed E-state index contributed by atoms with van der Waals surface area (Å²) in [4.78, 5) is 23.5. The van der Waals surface area contributed by atoms with Crippen molar-refractivity contribution in [3.63, 3.8) is 0 Å². The predicted octanol–water partition coefficient (Wildman–Crippen LogP) is 6.51. The third kappa shape index (κ3) is 5.85. The maximum atomic E-state index is 13.7. The maximum Gasteiger partial charge on any atom is 0.271 e. The number of carbonyl (C=O) groups excluding carboxylic acids is 1. The Labute approximate surface area is 225 Å². The van der Waals surface area contributed by atoms with E-state index in [4.69, 9.17) is 11.6 Å². The minimum atomic E-state index is -3.93. The molecule has 38 heavy (non-hydrogen) atoms. The Morgan fingerprint density at radius 2 is 1.58 bits per heavy atom. The maximum absolute atomic E-state index is 13.7. The van der Waals surface area contributed by atoms with Crippen molar-refractivity contribution in [1.29, 1.82) is 0 Å².